The minimum Gasteiger partial charge on any atom is -0.479 e. The molecule has 0 aliphatic carbocycles. The quantitative estimate of drug-likeness (QED) is 0.538. The van der Waals surface area contributed by atoms with Gasteiger partial charge in [-0.2, -0.15) is 5.26 Å². The van der Waals surface area contributed by atoms with Crippen LogP contribution in [0.3, 0.4) is 0 Å². The molecule has 22 heavy (non-hydrogen) atoms. The number of ether oxygens (including phenoxy) is 1. The number of nitrogens with zero attached hydrogens (tertiary/aromatic N) is 2. The second-order valence-electron chi connectivity index (χ2n) is 4.70. The van der Waals surface area contributed by atoms with Crippen molar-refractivity contribution in [3.63, 3.8) is 0 Å². The molecule has 1 radical (unpaired) electrons. The van der Waals surface area contributed by atoms with Crippen LogP contribution in [0.25, 0.3) is 5.70 Å². The normalized spacial score (nSPS) is 17.4. The summed E-state index contributed by atoms with van der Waals surface area (Å²) in [6, 6.07) is 7.54. The summed E-state index contributed by atoms with van der Waals surface area (Å²) in [6.07, 6.45) is 3.87. The van der Waals surface area contributed by atoms with E-state index in [9.17, 15) is 4.79 Å². The van der Waals surface area contributed by atoms with Crippen molar-refractivity contribution in [2.45, 2.75) is 25.1 Å². The number of carbonyl (C=O) groups excluding carboxylic acids is 1. The van der Waals surface area contributed by atoms with E-state index in [0.717, 1.165) is 16.8 Å². The molecule has 1 heterocycles. The zero-order chi connectivity index (χ0) is 15.4. The zero-order valence-corrected chi connectivity index (χ0v) is 17.0. The van der Waals surface area contributed by atoms with Crippen LogP contribution in [0, 0.1) is 24.3 Å². The maximum absolute atomic E-state index is 12.2. The topological polar surface area (TPSA) is 53.3 Å². The fourth-order valence-electron chi connectivity index (χ4n) is 2.31. The number of halogens is 1. The van der Waals surface area contributed by atoms with Crippen LogP contribution in [-0.2, 0) is 37.5 Å². The number of allylic oxidation sites excluding steroid dienone is 1. The van der Waals surface area contributed by atoms with E-state index in [4.69, 9.17) is 10.00 Å². The Bertz CT molecular complexity index is 625. The van der Waals surface area contributed by atoms with Crippen LogP contribution in [0.4, 0.5) is 0 Å². The van der Waals surface area contributed by atoms with Gasteiger partial charge >= 0.3 is 0 Å². The van der Waals surface area contributed by atoms with E-state index in [1.807, 2.05) is 38.1 Å². The van der Waals surface area contributed by atoms with E-state index < -0.39 is 0 Å². The molecule has 0 spiro atoms. The number of amides is 1. The van der Waals surface area contributed by atoms with Crippen molar-refractivity contribution in [3.05, 3.63) is 35.4 Å². The van der Waals surface area contributed by atoms with Crippen LogP contribution >= 0.6 is 15.9 Å². The van der Waals surface area contributed by atoms with E-state index in [1.54, 1.807) is 4.90 Å². The maximum Gasteiger partial charge on any atom is 0.236 e. The van der Waals surface area contributed by atoms with Gasteiger partial charge < -0.3 is 9.64 Å². The van der Waals surface area contributed by atoms with Crippen molar-refractivity contribution < 1.29 is 42.2 Å². The molecule has 4 nitrogen and oxygen atoms in total. The van der Waals surface area contributed by atoms with E-state index in [-0.39, 0.29) is 50.1 Å². The molecular weight excluding hydrogens is 421 g/mol. The molecule has 1 aliphatic rings. The number of benzene rings is 1. The second-order valence-corrected chi connectivity index (χ2v) is 5.81. The van der Waals surface area contributed by atoms with Crippen LogP contribution in [0.2, 0.25) is 0 Å². The summed E-state index contributed by atoms with van der Waals surface area (Å²) in [5, 5.41) is 8.54. The summed E-state index contributed by atoms with van der Waals surface area (Å²) in [7, 11) is 0. The van der Waals surface area contributed by atoms with Gasteiger partial charge in [-0.3, -0.25) is 4.79 Å². The summed E-state index contributed by atoms with van der Waals surface area (Å²) >= 11 is 3.38. The fraction of sp³-hybridized carbons (Fsp3) is 0.375. The SMILES string of the molecule is CCN1C(=O)C(Br)C[C-]=C1c1ccc(OCC#N)cc1C.[Y]. The molecule has 2 rings (SSSR count). The molecule has 1 amide bonds. The average molecular weight is 437 g/mol. The number of rotatable bonds is 4. The van der Waals surface area contributed by atoms with Crippen LogP contribution in [0.1, 0.15) is 24.5 Å². The van der Waals surface area contributed by atoms with Crippen LogP contribution in [0.15, 0.2) is 18.2 Å². The summed E-state index contributed by atoms with van der Waals surface area (Å²) in [5.41, 5.74) is 2.78. The maximum atomic E-state index is 12.2. The molecule has 113 valence electrons. The first-order valence-electron chi connectivity index (χ1n) is 6.75. The van der Waals surface area contributed by atoms with Gasteiger partial charge in [0.15, 0.2) is 6.61 Å². The van der Waals surface area contributed by atoms with Gasteiger partial charge in [-0.25, -0.2) is 6.08 Å². The number of carbonyl (C=O) groups is 1. The molecule has 1 aromatic rings. The van der Waals surface area contributed by atoms with Gasteiger partial charge in [-0.1, -0.05) is 29.3 Å². The van der Waals surface area contributed by atoms with Gasteiger partial charge in [-0.05, 0) is 19.1 Å². The predicted molar refractivity (Wildman–Crippen MR) is 83.7 cm³/mol. The smallest absolute Gasteiger partial charge is 0.236 e. The van der Waals surface area contributed by atoms with E-state index >= 15 is 0 Å². The molecule has 0 saturated carbocycles. The number of nitriles is 1. The third-order valence-electron chi connectivity index (χ3n) is 3.33. The predicted octanol–water partition coefficient (Wildman–Crippen LogP) is 3.05. The van der Waals surface area contributed by atoms with Crippen molar-refractivity contribution >= 4 is 27.5 Å². The number of alkyl halides is 1. The molecule has 0 bridgehead atoms. The zero-order valence-electron chi connectivity index (χ0n) is 12.6. The van der Waals surface area contributed by atoms with Gasteiger partial charge in [0.05, 0.1) is 4.83 Å². The largest absolute Gasteiger partial charge is 0.479 e. The van der Waals surface area contributed by atoms with Gasteiger partial charge in [0.2, 0.25) is 5.91 Å². The van der Waals surface area contributed by atoms with Crippen LogP contribution in [0.5, 0.6) is 5.75 Å². The standard InChI is InChI=1S/C16H16BrN2O2.Y/c1-3-19-15(7-6-14(17)16(19)20)13-5-4-12(10-11(13)2)21-9-8-18;/h4-5,10,14H,3,6,9H2,1-2H3;/q-1;. The number of hydrogen-bond donors (Lipinski definition) is 0. The molecule has 1 aliphatic heterocycles. The molecule has 0 fully saturated rings. The Labute approximate surface area is 164 Å². The number of aryl methyl sites for hydroxylation is 1. The summed E-state index contributed by atoms with van der Waals surface area (Å²) in [5.74, 6) is 0.720. The Morgan fingerprint density at radius 2 is 2.27 bits per heavy atom. The molecule has 1 unspecified atom stereocenters. The van der Waals surface area contributed by atoms with E-state index in [0.29, 0.717) is 18.7 Å². The first-order chi connectivity index (χ1) is 10.1. The molecule has 0 saturated heterocycles. The van der Waals surface area contributed by atoms with Gasteiger partial charge in [0.1, 0.15) is 11.8 Å². The van der Waals surface area contributed by atoms with E-state index in [2.05, 4.69) is 22.0 Å². The van der Waals surface area contributed by atoms with Crippen molar-refractivity contribution in [2.24, 2.45) is 0 Å². The van der Waals surface area contributed by atoms with Crippen molar-refractivity contribution in [3.8, 4) is 11.8 Å². The Kier molecular flexibility index (Phi) is 7.75. The van der Waals surface area contributed by atoms with Gasteiger partial charge in [0.25, 0.3) is 0 Å². The molecule has 6 heteroatoms. The summed E-state index contributed by atoms with van der Waals surface area (Å²) in [4.78, 5) is 13.8. The molecule has 0 aromatic heterocycles. The summed E-state index contributed by atoms with van der Waals surface area (Å²) < 4.78 is 5.29. The first-order valence-corrected chi connectivity index (χ1v) is 7.67. The van der Waals surface area contributed by atoms with Gasteiger partial charge in [0, 0.05) is 39.3 Å². The monoisotopic (exact) mass is 436 g/mol. The van der Waals surface area contributed by atoms with Gasteiger partial charge in [-0.15, -0.1) is 22.9 Å². The van der Waals surface area contributed by atoms with Crippen molar-refractivity contribution in [2.75, 3.05) is 13.2 Å². The van der Waals surface area contributed by atoms with Crippen molar-refractivity contribution in [1.29, 1.82) is 5.26 Å². The Morgan fingerprint density at radius 3 is 2.86 bits per heavy atom. The minimum absolute atomic E-state index is 0. The van der Waals surface area contributed by atoms with Crippen molar-refractivity contribution in [1.82, 2.24) is 4.90 Å². The second kappa shape index (κ2) is 8.81. The van der Waals surface area contributed by atoms with Crippen LogP contribution < -0.4 is 4.74 Å². The number of hydrogen-bond acceptors (Lipinski definition) is 3. The van der Waals surface area contributed by atoms with E-state index in [1.165, 1.54) is 0 Å². The molecule has 0 N–H and O–H groups in total. The fourth-order valence-corrected chi connectivity index (χ4v) is 2.72. The molecule has 1 atom stereocenters. The Morgan fingerprint density at radius 1 is 1.55 bits per heavy atom. The molecule has 1 aromatic carbocycles. The molecular formula is C16H16BrN2O2Y-. The first kappa shape index (κ1) is 19.4. The Balaban J connectivity index is 0.00000242. The average Bonchev–Trinajstić information content (AvgIpc) is 2.48. The van der Waals surface area contributed by atoms with Crippen LogP contribution in [-0.4, -0.2) is 28.8 Å². The summed E-state index contributed by atoms with van der Waals surface area (Å²) in [6.45, 7) is 4.54. The third kappa shape index (κ3) is 4.19. The minimum atomic E-state index is -0.195. The third-order valence-corrected chi connectivity index (χ3v) is 4.04. The Hall–Kier alpha value is -0.696.